The number of amides is 1. The van der Waals surface area contributed by atoms with Gasteiger partial charge in [-0.1, -0.05) is 17.7 Å². The number of anilines is 1. The van der Waals surface area contributed by atoms with Crippen LogP contribution in [0.5, 0.6) is 0 Å². The van der Waals surface area contributed by atoms with Gasteiger partial charge in [0, 0.05) is 23.1 Å². The van der Waals surface area contributed by atoms with E-state index in [-0.39, 0.29) is 12.5 Å². The number of aromatic nitrogens is 2. The summed E-state index contributed by atoms with van der Waals surface area (Å²) >= 11 is 5.86. The van der Waals surface area contributed by atoms with Gasteiger partial charge in [-0.3, -0.25) is 4.79 Å². The van der Waals surface area contributed by atoms with Gasteiger partial charge in [-0.2, -0.15) is 0 Å². The van der Waals surface area contributed by atoms with Gasteiger partial charge in [-0.05, 0) is 25.2 Å². The number of nitrogens with zero attached hydrogens (tertiary/aromatic N) is 2. The maximum atomic E-state index is 11.9. The molecule has 0 aliphatic rings. The predicted octanol–water partition coefficient (Wildman–Crippen LogP) is 1.89. The summed E-state index contributed by atoms with van der Waals surface area (Å²) in [5, 5.41) is 6.40. The minimum Gasteiger partial charge on any atom is -0.324 e. The number of carbonyl (C=O) groups excluding carboxylic acids is 1. The highest BCUT2D eigenvalue weighted by Crippen LogP contribution is 2.14. The van der Waals surface area contributed by atoms with E-state index in [0.29, 0.717) is 17.3 Å². The van der Waals surface area contributed by atoms with Gasteiger partial charge >= 0.3 is 0 Å². The molecule has 2 N–H and O–H groups in total. The van der Waals surface area contributed by atoms with E-state index >= 15 is 0 Å². The second-order valence-electron chi connectivity index (χ2n) is 4.06. The van der Waals surface area contributed by atoms with Crippen molar-refractivity contribution in [3.05, 3.63) is 47.5 Å². The molecule has 1 aromatic carbocycles. The first-order valence-electron chi connectivity index (χ1n) is 5.89. The lowest BCUT2D eigenvalue weighted by Crippen LogP contribution is -2.21. The van der Waals surface area contributed by atoms with Crippen LogP contribution < -0.4 is 10.6 Å². The van der Waals surface area contributed by atoms with Gasteiger partial charge in [-0.25, -0.2) is 4.98 Å². The largest absolute Gasteiger partial charge is 0.324 e. The summed E-state index contributed by atoms with van der Waals surface area (Å²) in [7, 11) is 1.84. The molecule has 0 saturated carbocycles. The second-order valence-corrected chi connectivity index (χ2v) is 4.50. The Hall–Kier alpha value is -1.85. The first kappa shape index (κ1) is 13.6. The monoisotopic (exact) mass is 278 g/mol. The summed E-state index contributed by atoms with van der Waals surface area (Å²) in [6.07, 6.45) is 3.46. The van der Waals surface area contributed by atoms with Crippen LogP contribution in [-0.2, 0) is 17.9 Å². The van der Waals surface area contributed by atoms with E-state index in [2.05, 4.69) is 15.6 Å². The SMILES string of the molecule is CNCc1nccn1CC(=O)Nc1cccc(Cl)c1. The average molecular weight is 279 g/mol. The Bertz CT molecular complexity index is 567. The Morgan fingerprint density at radius 2 is 2.32 bits per heavy atom. The van der Waals surface area contributed by atoms with Crippen LogP contribution in [0.3, 0.4) is 0 Å². The summed E-state index contributed by atoms with van der Waals surface area (Å²) < 4.78 is 1.80. The van der Waals surface area contributed by atoms with Crippen molar-refractivity contribution < 1.29 is 4.79 Å². The normalized spacial score (nSPS) is 10.4. The van der Waals surface area contributed by atoms with Crippen molar-refractivity contribution in [3.8, 4) is 0 Å². The summed E-state index contributed by atoms with van der Waals surface area (Å²) in [5.41, 5.74) is 0.688. The van der Waals surface area contributed by atoms with E-state index in [1.807, 2.05) is 7.05 Å². The fraction of sp³-hybridized carbons (Fsp3) is 0.231. The third-order valence-corrected chi connectivity index (χ3v) is 2.79. The van der Waals surface area contributed by atoms with E-state index in [4.69, 9.17) is 11.6 Å². The van der Waals surface area contributed by atoms with Gasteiger partial charge in [0.2, 0.25) is 5.91 Å². The fourth-order valence-electron chi connectivity index (χ4n) is 1.73. The molecule has 0 spiro atoms. The summed E-state index contributed by atoms with van der Waals surface area (Å²) in [5.74, 6) is 0.710. The van der Waals surface area contributed by atoms with Crippen molar-refractivity contribution in [3.63, 3.8) is 0 Å². The number of hydrogen-bond acceptors (Lipinski definition) is 3. The Balaban J connectivity index is 1.99. The third-order valence-electron chi connectivity index (χ3n) is 2.56. The lowest BCUT2D eigenvalue weighted by atomic mass is 10.3. The zero-order valence-corrected chi connectivity index (χ0v) is 11.3. The van der Waals surface area contributed by atoms with E-state index in [0.717, 1.165) is 5.82 Å². The standard InChI is InChI=1S/C13H15ClN4O/c1-15-8-12-16-5-6-18(12)9-13(19)17-11-4-2-3-10(14)7-11/h2-7,15H,8-9H2,1H3,(H,17,19). The second kappa shape index (κ2) is 6.36. The molecular formula is C13H15ClN4O. The molecule has 1 aromatic heterocycles. The number of halogens is 1. The van der Waals surface area contributed by atoms with Gasteiger partial charge in [0.1, 0.15) is 12.4 Å². The maximum Gasteiger partial charge on any atom is 0.244 e. The zero-order chi connectivity index (χ0) is 13.7. The highest BCUT2D eigenvalue weighted by molar-refractivity contribution is 6.30. The molecule has 1 amide bonds. The van der Waals surface area contributed by atoms with Crippen LogP contribution in [-0.4, -0.2) is 22.5 Å². The molecule has 100 valence electrons. The first-order valence-corrected chi connectivity index (χ1v) is 6.27. The fourth-order valence-corrected chi connectivity index (χ4v) is 1.92. The Kier molecular flexibility index (Phi) is 4.54. The van der Waals surface area contributed by atoms with Gasteiger partial charge < -0.3 is 15.2 Å². The highest BCUT2D eigenvalue weighted by atomic mass is 35.5. The van der Waals surface area contributed by atoms with E-state index in [1.165, 1.54) is 0 Å². The molecule has 19 heavy (non-hydrogen) atoms. The molecule has 2 aromatic rings. The van der Waals surface area contributed by atoms with E-state index in [1.54, 1.807) is 41.2 Å². The molecule has 6 heteroatoms. The molecule has 0 bridgehead atoms. The van der Waals surface area contributed by atoms with E-state index in [9.17, 15) is 4.79 Å². The van der Waals surface area contributed by atoms with Crippen LogP contribution in [0.1, 0.15) is 5.82 Å². The highest BCUT2D eigenvalue weighted by Gasteiger charge is 2.07. The molecule has 0 aliphatic carbocycles. The molecule has 0 atom stereocenters. The van der Waals surface area contributed by atoms with Crippen LogP contribution in [0.15, 0.2) is 36.7 Å². The number of nitrogens with one attached hydrogen (secondary N) is 2. The number of rotatable bonds is 5. The van der Waals surface area contributed by atoms with Crippen molar-refractivity contribution in [1.82, 2.24) is 14.9 Å². The van der Waals surface area contributed by atoms with Gasteiger partial charge in [-0.15, -0.1) is 0 Å². The Labute approximate surface area is 116 Å². The van der Waals surface area contributed by atoms with Crippen molar-refractivity contribution in [2.24, 2.45) is 0 Å². The molecular weight excluding hydrogens is 264 g/mol. The summed E-state index contributed by atoms with van der Waals surface area (Å²) in [6.45, 7) is 0.848. The van der Waals surface area contributed by atoms with Crippen LogP contribution in [0.4, 0.5) is 5.69 Å². The Morgan fingerprint density at radius 1 is 1.47 bits per heavy atom. The summed E-state index contributed by atoms with van der Waals surface area (Å²) in [4.78, 5) is 16.1. The first-order chi connectivity index (χ1) is 9.19. The van der Waals surface area contributed by atoms with Crippen LogP contribution in [0, 0.1) is 0 Å². The lowest BCUT2D eigenvalue weighted by molar-refractivity contribution is -0.116. The number of hydrogen-bond donors (Lipinski definition) is 2. The van der Waals surface area contributed by atoms with Gasteiger partial charge in [0.05, 0.1) is 6.54 Å². The minimum absolute atomic E-state index is 0.113. The molecule has 0 radical (unpaired) electrons. The van der Waals surface area contributed by atoms with Crippen molar-refractivity contribution in [2.45, 2.75) is 13.1 Å². The molecule has 1 heterocycles. The van der Waals surface area contributed by atoms with Gasteiger partial charge in [0.15, 0.2) is 0 Å². The molecule has 0 fully saturated rings. The quantitative estimate of drug-likeness (QED) is 0.878. The zero-order valence-electron chi connectivity index (χ0n) is 10.6. The van der Waals surface area contributed by atoms with Gasteiger partial charge in [0.25, 0.3) is 0 Å². The molecule has 0 unspecified atom stereocenters. The maximum absolute atomic E-state index is 11.9. The number of benzene rings is 1. The van der Waals surface area contributed by atoms with Crippen molar-refractivity contribution >= 4 is 23.2 Å². The van der Waals surface area contributed by atoms with Crippen LogP contribution in [0.25, 0.3) is 0 Å². The molecule has 5 nitrogen and oxygen atoms in total. The predicted molar refractivity (Wildman–Crippen MR) is 75.1 cm³/mol. The summed E-state index contributed by atoms with van der Waals surface area (Å²) in [6, 6.07) is 7.06. The van der Waals surface area contributed by atoms with Crippen molar-refractivity contribution in [2.75, 3.05) is 12.4 Å². The molecule has 2 rings (SSSR count). The van der Waals surface area contributed by atoms with Crippen LogP contribution >= 0.6 is 11.6 Å². The Morgan fingerprint density at radius 3 is 3.05 bits per heavy atom. The number of carbonyl (C=O) groups is 1. The van der Waals surface area contributed by atoms with Crippen LogP contribution in [0.2, 0.25) is 5.02 Å². The topological polar surface area (TPSA) is 59.0 Å². The lowest BCUT2D eigenvalue weighted by Gasteiger charge is -2.08. The minimum atomic E-state index is -0.113. The number of imidazole rings is 1. The molecule has 0 aliphatic heterocycles. The smallest absolute Gasteiger partial charge is 0.244 e. The van der Waals surface area contributed by atoms with E-state index < -0.39 is 0 Å². The average Bonchev–Trinajstić information content (AvgIpc) is 2.77. The van der Waals surface area contributed by atoms with Crippen molar-refractivity contribution in [1.29, 1.82) is 0 Å². The molecule has 0 saturated heterocycles. The third kappa shape index (κ3) is 3.81.